The van der Waals surface area contributed by atoms with Crippen molar-refractivity contribution in [3.05, 3.63) is 24.3 Å². The Hall–Kier alpha value is -2.15. The normalized spacial score (nSPS) is 29.3. The lowest BCUT2D eigenvalue weighted by Gasteiger charge is -2.40. The monoisotopic (exact) mass is 381 g/mol. The molecule has 2 aromatic heterocycles. The van der Waals surface area contributed by atoms with Crippen LogP contribution in [0.25, 0.3) is 11.2 Å². The van der Waals surface area contributed by atoms with Gasteiger partial charge in [-0.2, -0.15) is 0 Å². The van der Waals surface area contributed by atoms with Crippen LogP contribution >= 0.6 is 0 Å². The van der Waals surface area contributed by atoms with Crippen molar-refractivity contribution in [3.63, 3.8) is 0 Å². The SMILES string of the molecule is CC(=CCNc1ncnc2ncn(C3OC(CO)C(O)C(O)C3O)c12)CO. The van der Waals surface area contributed by atoms with Crippen molar-refractivity contribution < 1.29 is 30.3 Å². The molecule has 11 nitrogen and oxygen atoms in total. The summed E-state index contributed by atoms with van der Waals surface area (Å²) < 4.78 is 7.03. The predicted octanol–water partition coefficient (Wildman–Crippen LogP) is -1.85. The number of hydrogen-bond acceptors (Lipinski definition) is 10. The first-order valence-electron chi connectivity index (χ1n) is 8.46. The van der Waals surface area contributed by atoms with Crippen molar-refractivity contribution in [3.8, 4) is 0 Å². The number of hydrogen-bond donors (Lipinski definition) is 6. The number of aliphatic hydroxyl groups is 5. The van der Waals surface area contributed by atoms with E-state index in [0.29, 0.717) is 23.5 Å². The van der Waals surface area contributed by atoms with E-state index >= 15 is 0 Å². The van der Waals surface area contributed by atoms with Crippen molar-refractivity contribution in [1.29, 1.82) is 0 Å². The van der Waals surface area contributed by atoms with Crippen molar-refractivity contribution in [2.45, 2.75) is 37.6 Å². The zero-order valence-corrected chi connectivity index (χ0v) is 14.7. The first-order valence-corrected chi connectivity index (χ1v) is 8.46. The van der Waals surface area contributed by atoms with Gasteiger partial charge in [-0.3, -0.25) is 4.57 Å². The molecule has 5 atom stereocenters. The summed E-state index contributed by atoms with van der Waals surface area (Å²) in [7, 11) is 0. The van der Waals surface area contributed by atoms with Crippen LogP contribution in [0.2, 0.25) is 0 Å². The quantitative estimate of drug-likeness (QED) is 0.313. The van der Waals surface area contributed by atoms with E-state index in [9.17, 15) is 20.4 Å². The van der Waals surface area contributed by atoms with E-state index < -0.39 is 37.3 Å². The van der Waals surface area contributed by atoms with Crippen molar-refractivity contribution in [2.24, 2.45) is 0 Å². The second-order valence-electron chi connectivity index (χ2n) is 6.36. The summed E-state index contributed by atoms with van der Waals surface area (Å²) in [6.45, 7) is 1.60. The number of imidazole rings is 1. The first kappa shape index (κ1) is 19.6. The molecule has 1 fully saturated rings. The van der Waals surface area contributed by atoms with Gasteiger partial charge in [-0.05, 0) is 6.92 Å². The molecule has 3 heterocycles. The maximum Gasteiger partial charge on any atom is 0.183 e. The molecule has 0 aromatic carbocycles. The molecule has 1 saturated heterocycles. The Morgan fingerprint density at radius 2 is 1.96 bits per heavy atom. The van der Waals surface area contributed by atoms with E-state index in [4.69, 9.17) is 9.84 Å². The van der Waals surface area contributed by atoms with E-state index in [1.807, 2.05) is 0 Å². The van der Waals surface area contributed by atoms with E-state index in [-0.39, 0.29) is 6.61 Å². The zero-order chi connectivity index (χ0) is 19.6. The van der Waals surface area contributed by atoms with Gasteiger partial charge in [0.1, 0.15) is 42.6 Å². The van der Waals surface area contributed by atoms with Gasteiger partial charge in [-0.1, -0.05) is 11.6 Å². The molecule has 11 heteroatoms. The second-order valence-corrected chi connectivity index (χ2v) is 6.36. The zero-order valence-electron chi connectivity index (χ0n) is 14.7. The lowest BCUT2D eigenvalue weighted by atomic mass is 9.98. The summed E-state index contributed by atoms with van der Waals surface area (Å²) in [5.74, 6) is 0.413. The van der Waals surface area contributed by atoms with Crippen molar-refractivity contribution in [2.75, 3.05) is 25.1 Å². The Morgan fingerprint density at radius 1 is 1.19 bits per heavy atom. The van der Waals surface area contributed by atoms with E-state index in [0.717, 1.165) is 5.57 Å². The van der Waals surface area contributed by atoms with E-state index in [1.165, 1.54) is 17.2 Å². The van der Waals surface area contributed by atoms with Gasteiger partial charge in [0.05, 0.1) is 13.2 Å². The van der Waals surface area contributed by atoms with Crippen molar-refractivity contribution in [1.82, 2.24) is 19.5 Å². The fraction of sp³-hybridized carbons (Fsp3) is 0.562. The highest BCUT2D eigenvalue weighted by Gasteiger charge is 2.44. The van der Waals surface area contributed by atoms with Gasteiger partial charge in [-0.25, -0.2) is 15.0 Å². The minimum Gasteiger partial charge on any atom is -0.394 e. The molecule has 0 bridgehead atoms. The topological polar surface area (TPSA) is 166 Å². The minimum atomic E-state index is -1.51. The number of ether oxygens (including phenoxy) is 1. The smallest absolute Gasteiger partial charge is 0.183 e. The van der Waals surface area contributed by atoms with Crippen LogP contribution in [-0.2, 0) is 4.74 Å². The maximum absolute atomic E-state index is 10.4. The first-order chi connectivity index (χ1) is 13.0. The average molecular weight is 381 g/mol. The number of nitrogens with zero attached hydrogens (tertiary/aromatic N) is 4. The summed E-state index contributed by atoms with van der Waals surface area (Å²) in [5, 5.41) is 51.9. The van der Waals surface area contributed by atoms with Crippen LogP contribution in [-0.4, -0.2) is 89.2 Å². The molecule has 0 amide bonds. The third kappa shape index (κ3) is 3.78. The van der Waals surface area contributed by atoms with Crippen molar-refractivity contribution >= 4 is 17.0 Å². The third-order valence-corrected chi connectivity index (χ3v) is 4.48. The number of rotatable bonds is 6. The lowest BCUT2D eigenvalue weighted by molar-refractivity contribution is -0.250. The fourth-order valence-corrected chi connectivity index (χ4v) is 2.90. The number of anilines is 1. The molecule has 0 aliphatic carbocycles. The summed E-state index contributed by atoms with van der Waals surface area (Å²) in [6, 6.07) is 0. The Morgan fingerprint density at radius 3 is 2.67 bits per heavy atom. The standard InChI is InChI=1S/C16H23N5O6/c1-8(4-22)2-3-17-14-10-15(19-6-18-14)20-7-21(10)16-13(26)12(25)11(24)9(5-23)27-16/h2,6-7,9,11-13,16,22-26H,3-5H2,1H3,(H,17,18,19). The van der Waals surface area contributed by atoms with Gasteiger partial charge in [0.2, 0.25) is 0 Å². The minimum absolute atomic E-state index is 0.0519. The Balaban J connectivity index is 1.95. The van der Waals surface area contributed by atoms with Gasteiger partial charge in [0.15, 0.2) is 17.7 Å². The van der Waals surface area contributed by atoms with Crippen LogP contribution in [0.4, 0.5) is 5.82 Å². The van der Waals surface area contributed by atoms with Gasteiger partial charge in [-0.15, -0.1) is 0 Å². The molecule has 148 valence electrons. The molecule has 5 unspecified atom stereocenters. The van der Waals surface area contributed by atoms with Crippen LogP contribution in [0, 0.1) is 0 Å². The van der Waals surface area contributed by atoms with Crippen LogP contribution in [0.5, 0.6) is 0 Å². The largest absolute Gasteiger partial charge is 0.394 e. The molecule has 1 aliphatic heterocycles. The number of aromatic nitrogens is 4. The van der Waals surface area contributed by atoms with E-state index in [2.05, 4.69) is 20.3 Å². The molecule has 2 aromatic rings. The van der Waals surface area contributed by atoms with E-state index in [1.54, 1.807) is 13.0 Å². The molecule has 1 aliphatic rings. The highest BCUT2D eigenvalue weighted by atomic mass is 16.6. The number of fused-ring (bicyclic) bond motifs is 1. The molecule has 0 saturated carbocycles. The maximum atomic E-state index is 10.4. The average Bonchev–Trinajstić information content (AvgIpc) is 3.11. The molecule has 6 N–H and O–H groups in total. The van der Waals surface area contributed by atoms with Crippen LogP contribution in [0.3, 0.4) is 0 Å². The molecule has 0 radical (unpaired) electrons. The van der Waals surface area contributed by atoms with Gasteiger partial charge in [0, 0.05) is 6.54 Å². The highest BCUT2D eigenvalue weighted by Crippen LogP contribution is 2.32. The number of aliphatic hydroxyl groups excluding tert-OH is 5. The summed E-state index contributed by atoms with van der Waals surface area (Å²) in [6.07, 6.45) is -2.04. The summed E-state index contributed by atoms with van der Waals surface area (Å²) >= 11 is 0. The lowest BCUT2D eigenvalue weighted by Crippen LogP contribution is -2.56. The van der Waals surface area contributed by atoms with Gasteiger partial charge < -0.3 is 35.6 Å². The summed E-state index contributed by atoms with van der Waals surface area (Å²) in [5.41, 5.74) is 1.56. The molecule has 27 heavy (non-hydrogen) atoms. The fourth-order valence-electron chi connectivity index (χ4n) is 2.90. The van der Waals surface area contributed by atoms with Crippen LogP contribution < -0.4 is 5.32 Å². The molecule has 0 spiro atoms. The van der Waals surface area contributed by atoms with Gasteiger partial charge in [0.25, 0.3) is 0 Å². The Kier molecular flexibility index (Phi) is 5.99. The molecule has 3 rings (SSSR count). The predicted molar refractivity (Wildman–Crippen MR) is 93.7 cm³/mol. The molecular formula is C16H23N5O6. The Labute approximate surface area is 154 Å². The van der Waals surface area contributed by atoms with Crippen LogP contribution in [0.1, 0.15) is 13.2 Å². The third-order valence-electron chi connectivity index (χ3n) is 4.48. The second kappa shape index (κ2) is 8.25. The highest BCUT2D eigenvalue weighted by molar-refractivity contribution is 5.83. The summed E-state index contributed by atoms with van der Waals surface area (Å²) in [4.78, 5) is 12.4. The van der Waals surface area contributed by atoms with Crippen LogP contribution in [0.15, 0.2) is 24.3 Å². The Bertz CT molecular complexity index is 810. The number of nitrogens with one attached hydrogen (secondary N) is 1. The van der Waals surface area contributed by atoms with Gasteiger partial charge >= 0.3 is 0 Å². The molecular weight excluding hydrogens is 358 g/mol.